The molecule has 0 aliphatic heterocycles. The van der Waals surface area contributed by atoms with E-state index in [1.54, 1.807) is 6.20 Å². The van der Waals surface area contributed by atoms with Crippen LogP contribution in [0.5, 0.6) is 0 Å². The Morgan fingerprint density at radius 1 is 1.45 bits per heavy atom. The van der Waals surface area contributed by atoms with Gasteiger partial charge in [-0.3, -0.25) is 4.79 Å². The van der Waals surface area contributed by atoms with Gasteiger partial charge in [-0.05, 0) is 39.8 Å². The summed E-state index contributed by atoms with van der Waals surface area (Å²) < 4.78 is 1.81. The molecule has 2 aromatic heterocycles. The highest BCUT2D eigenvalue weighted by Gasteiger charge is 2.26. The third-order valence-electron chi connectivity index (χ3n) is 3.90. The summed E-state index contributed by atoms with van der Waals surface area (Å²) in [7, 11) is 0. The molecular formula is C16H23N5O. The van der Waals surface area contributed by atoms with Gasteiger partial charge in [0.2, 0.25) is 5.91 Å². The molecule has 1 amide bonds. The fourth-order valence-electron chi connectivity index (χ4n) is 2.16. The van der Waals surface area contributed by atoms with Gasteiger partial charge in [-0.25, -0.2) is 9.67 Å². The van der Waals surface area contributed by atoms with E-state index >= 15 is 0 Å². The van der Waals surface area contributed by atoms with Crippen LogP contribution < -0.4 is 11.1 Å². The smallest absolute Gasteiger partial charge is 0.224 e. The van der Waals surface area contributed by atoms with Crippen LogP contribution in [-0.4, -0.2) is 27.2 Å². The monoisotopic (exact) mass is 301 g/mol. The topological polar surface area (TPSA) is 85.8 Å². The molecule has 2 rings (SSSR count). The van der Waals surface area contributed by atoms with Crippen molar-refractivity contribution in [1.29, 1.82) is 0 Å². The Kier molecular flexibility index (Phi) is 4.61. The van der Waals surface area contributed by atoms with E-state index in [0.717, 1.165) is 17.1 Å². The molecule has 0 bridgehead atoms. The Balaban J connectivity index is 2.14. The predicted octanol–water partition coefficient (Wildman–Crippen LogP) is 1.74. The molecule has 0 radical (unpaired) electrons. The lowest BCUT2D eigenvalue weighted by atomic mass is 9.92. The van der Waals surface area contributed by atoms with Gasteiger partial charge < -0.3 is 11.1 Å². The molecule has 1 unspecified atom stereocenters. The zero-order valence-corrected chi connectivity index (χ0v) is 13.5. The van der Waals surface area contributed by atoms with E-state index in [9.17, 15) is 4.79 Å². The normalized spacial score (nSPS) is 13.1. The number of aromatic nitrogens is 3. The van der Waals surface area contributed by atoms with Crippen LogP contribution >= 0.6 is 0 Å². The summed E-state index contributed by atoms with van der Waals surface area (Å²) in [6, 6.07) is 5.79. The van der Waals surface area contributed by atoms with Gasteiger partial charge in [-0.1, -0.05) is 6.07 Å². The number of nitrogens with one attached hydrogen (secondary N) is 1. The molecule has 6 heteroatoms. The molecule has 2 heterocycles. The lowest BCUT2D eigenvalue weighted by molar-refractivity contribution is -0.125. The van der Waals surface area contributed by atoms with Crippen molar-refractivity contribution in [3.8, 4) is 5.82 Å². The van der Waals surface area contributed by atoms with Crippen molar-refractivity contribution in [2.45, 2.75) is 33.7 Å². The molecule has 22 heavy (non-hydrogen) atoms. The predicted molar refractivity (Wildman–Crippen MR) is 85.5 cm³/mol. The quantitative estimate of drug-likeness (QED) is 0.851. The van der Waals surface area contributed by atoms with Gasteiger partial charge in [0.05, 0.1) is 11.6 Å². The Labute approximate surface area is 130 Å². The van der Waals surface area contributed by atoms with Crippen LogP contribution in [0.15, 0.2) is 30.6 Å². The molecule has 0 spiro atoms. The minimum absolute atomic E-state index is 0.0658. The zero-order valence-electron chi connectivity index (χ0n) is 13.5. The second-order valence-electron chi connectivity index (χ2n) is 6.14. The minimum atomic E-state index is -0.584. The number of carbonyl (C=O) groups excluding carboxylic acids is 1. The average Bonchev–Trinajstić information content (AvgIpc) is 2.87. The van der Waals surface area contributed by atoms with Gasteiger partial charge in [0.1, 0.15) is 0 Å². The van der Waals surface area contributed by atoms with Gasteiger partial charge in [-0.2, -0.15) is 5.10 Å². The second kappa shape index (κ2) is 6.27. The van der Waals surface area contributed by atoms with Crippen LogP contribution in [0.3, 0.4) is 0 Å². The minimum Gasteiger partial charge on any atom is -0.369 e. The molecule has 118 valence electrons. The van der Waals surface area contributed by atoms with Crippen LogP contribution in [-0.2, 0) is 4.79 Å². The molecular weight excluding hydrogens is 278 g/mol. The Morgan fingerprint density at radius 2 is 2.18 bits per heavy atom. The first-order valence-corrected chi connectivity index (χ1v) is 7.32. The van der Waals surface area contributed by atoms with Crippen LogP contribution in [0.4, 0.5) is 0 Å². The van der Waals surface area contributed by atoms with Crippen LogP contribution in [0, 0.1) is 12.3 Å². The highest BCUT2D eigenvalue weighted by atomic mass is 16.1. The van der Waals surface area contributed by atoms with Gasteiger partial charge in [0.15, 0.2) is 5.82 Å². The van der Waals surface area contributed by atoms with Crippen molar-refractivity contribution in [3.05, 3.63) is 41.9 Å². The van der Waals surface area contributed by atoms with Gasteiger partial charge >= 0.3 is 0 Å². The summed E-state index contributed by atoms with van der Waals surface area (Å²) >= 11 is 0. The lowest BCUT2D eigenvalue weighted by Gasteiger charge is -2.23. The summed E-state index contributed by atoms with van der Waals surface area (Å²) in [5.41, 5.74) is 6.92. The first-order valence-electron chi connectivity index (χ1n) is 7.32. The lowest BCUT2D eigenvalue weighted by Crippen LogP contribution is -2.41. The highest BCUT2D eigenvalue weighted by Crippen LogP contribution is 2.21. The number of pyridine rings is 1. The van der Waals surface area contributed by atoms with Crippen molar-refractivity contribution in [2.24, 2.45) is 11.1 Å². The number of carbonyl (C=O) groups is 1. The Hall–Kier alpha value is -2.21. The van der Waals surface area contributed by atoms with Gasteiger partial charge in [-0.15, -0.1) is 0 Å². The molecule has 0 aliphatic rings. The maximum Gasteiger partial charge on any atom is 0.224 e. The van der Waals surface area contributed by atoms with Crippen LogP contribution in [0.2, 0.25) is 0 Å². The fourth-order valence-corrected chi connectivity index (χ4v) is 2.16. The van der Waals surface area contributed by atoms with E-state index < -0.39 is 5.41 Å². The molecule has 0 aliphatic carbocycles. The van der Waals surface area contributed by atoms with E-state index in [2.05, 4.69) is 15.4 Å². The summed E-state index contributed by atoms with van der Waals surface area (Å²) in [5.74, 6) is 0.476. The van der Waals surface area contributed by atoms with Crippen molar-refractivity contribution >= 4 is 5.91 Å². The second-order valence-corrected chi connectivity index (χ2v) is 6.14. The molecule has 1 atom stereocenters. The molecule has 0 saturated heterocycles. The summed E-state index contributed by atoms with van der Waals surface area (Å²) in [6.45, 7) is 8.23. The van der Waals surface area contributed by atoms with E-state index in [-0.39, 0.29) is 11.9 Å². The van der Waals surface area contributed by atoms with E-state index in [0.29, 0.717) is 6.54 Å². The third kappa shape index (κ3) is 3.33. The van der Waals surface area contributed by atoms with Crippen molar-refractivity contribution in [1.82, 2.24) is 20.1 Å². The number of primary amides is 1. The summed E-state index contributed by atoms with van der Waals surface area (Å²) in [6.07, 6.45) is 3.58. The Bertz CT molecular complexity index is 648. The van der Waals surface area contributed by atoms with Crippen molar-refractivity contribution in [3.63, 3.8) is 0 Å². The Morgan fingerprint density at radius 3 is 2.77 bits per heavy atom. The SMILES string of the molecule is Cc1c(C(C)NCC(C)(C)C(N)=O)cnn1-c1ccccn1. The zero-order chi connectivity index (χ0) is 16.3. The maximum atomic E-state index is 11.4. The van der Waals surface area contributed by atoms with E-state index in [4.69, 9.17) is 5.73 Å². The molecule has 3 N–H and O–H groups in total. The number of amides is 1. The molecule has 6 nitrogen and oxygen atoms in total. The molecule has 0 fully saturated rings. The van der Waals surface area contributed by atoms with Crippen LogP contribution in [0.1, 0.15) is 38.1 Å². The maximum absolute atomic E-state index is 11.4. The fraction of sp³-hybridized carbons (Fsp3) is 0.438. The third-order valence-corrected chi connectivity index (χ3v) is 3.90. The van der Waals surface area contributed by atoms with Gasteiger partial charge in [0.25, 0.3) is 0 Å². The first-order chi connectivity index (χ1) is 10.3. The van der Waals surface area contributed by atoms with Crippen LogP contribution in [0.25, 0.3) is 5.82 Å². The van der Waals surface area contributed by atoms with Crippen molar-refractivity contribution < 1.29 is 4.79 Å². The number of hydrogen-bond acceptors (Lipinski definition) is 4. The van der Waals surface area contributed by atoms with Gasteiger partial charge in [0, 0.05) is 30.0 Å². The number of nitrogens with zero attached hydrogens (tertiary/aromatic N) is 3. The highest BCUT2D eigenvalue weighted by molar-refractivity contribution is 5.80. The standard InChI is InChI=1S/C16H23N5O/c1-11(19-10-16(3,4)15(17)22)13-9-20-21(12(13)2)14-7-5-6-8-18-14/h5-9,11,19H,10H2,1-4H3,(H2,17,22). The molecule has 0 saturated carbocycles. The first kappa shape index (κ1) is 16.2. The van der Waals surface area contributed by atoms with Crippen molar-refractivity contribution in [2.75, 3.05) is 6.54 Å². The molecule has 0 aromatic carbocycles. The largest absolute Gasteiger partial charge is 0.369 e. The molecule has 2 aromatic rings. The van der Waals surface area contributed by atoms with E-state index in [1.165, 1.54) is 0 Å². The number of nitrogens with two attached hydrogens (primary N) is 1. The van der Waals surface area contributed by atoms with E-state index in [1.807, 2.05) is 56.8 Å². The summed E-state index contributed by atoms with van der Waals surface area (Å²) in [4.78, 5) is 15.7. The summed E-state index contributed by atoms with van der Waals surface area (Å²) in [5, 5.41) is 7.76. The average molecular weight is 301 g/mol. The number of rotatable bonds is 6. The number of hydrogen-bond donors (Lipinski definition) is 2.